The van der Waals surface area contributed by atoms with Gasteiger partial charge in [0.1, 0.15) is 23.9 Å². The van der Waals surface area contributed by atoms with Crippen molar-refractivity contribution in [3.8, 4) is 17.2 Å². The van der Waals surface area contributed by atoms with Crippen molar-refractivity contribution in [1.29, 1.82) is 0 Å². The van der Waals surface area contributed by atoms with E-state index in [0.29, 0.717) is 43.4 Å². The molecule has 0 aliphatic rings. The van der Waals surface area contributed by atoms with Crippen LogP contribution < -0.4 is 19.5 Å². The van der Waals surface area contributed by atoms with Crippen molar-refractivity contribution in [3.63, 3.8) is 0 Å². The van der Waals surface area contributed by atoms with E-state index in [1.165, 1.54) is 0 Å². The molecular weight excluding hydrogens is 354 g/mol. The van der Waals surface area contributed by atoms with Gasteiger partial charge in [-0.3, -0.25) is 4.79 Å². The lowest BCUT2D eigenvalue weighted by atomic mass is 10.2. The molecule has 6 heteroatoms. The topological polar surface area (TPSA) is 56.8 Å². The number of aryl methyl sites for hydroxylation is 1. The third-order valence-electron chi connectivity index (χ3n) is 3.71. The van der Waals surface area contributed by atoms with Gasteiger partial charge in [0.05, 0.1) is 20.3 Å². The largest absolute Gasteiger partial charge is 0.497 e. The van der Waals surface area contributed by atoms with E-state index in [1.54, 1.807) is 13.2 Å². The van der Waals surface area contributed by atoms with Gasteiger partial charge in [-0.1, -0.05) is 17.7 Å². The highest BCUT2D eigenvalue weighted by molar-refractivity contribution is 6.31. The predicted octanol–water partition coefficient (Wildman–Crippen LogP) is 4.01. The Morgan fingerprint density at radius 2 is 1.65 bits per heavy atom. The quantitative estimate of drug-likeness (QED) is 0.635. The van der Waals surface area contributed by atoms with Crippen LogP contribution in [0.2, 0.25) is 5.02 Å². The standard InChI is InChI=1S/C20H24ClNO4/c1-15-5-6-18(14-19(15)21)26-13-11-22-20(23)4-3-12-25-17-9-7-16(24-2)8-10-17/h5-10,14H,3-4,11-13H2,1-2H3,(H,22,23). The monoisotopic (exact) mass is 377 g/mol. The number of nitrogens with one attached hydrogen (secondary N) is 1. The minimum atomic E-state index is -0.0196. The van der Waals surface area contributed by atoms with Crippen molar-refractivity contribution >= 4 is 17.5 Å². The summed E-state index contributed by atoms with van der Waals surface area (Å²) in [7, 11) is 1.62. The van der Waals surface area contributed by atoms with Crippen LogP contribution in [0.25, 0.3) is 0 Å². The average molecular weight is 378 g/mol. The van der Waals surface area contributed by atoms with Crippen LogP contribution in [0.15, 0.2) is 42.5 Å². The van der Waals surface area contributed by atoms with Gasteiger partial charge in [-0.25, -0.2) is 0 Å². The van der Waals surface area contributed by atoms with Crippen LogP contribution >= 0.6 is 11.6 Å². The lowest BCUT2D eigenvalue weighted by Gasteiger charge is -2.09. The summed E-state index contributed by atoms with van der Waals surface area (Å²) in [6.07, 6.45) is 1.05. The summed E-state index contributed by atoms with van der Waals surface area (Å²) in [6.45, 7) is 3.26. The molecule has 140 valence electrons. The fraction of sp³-hybridized carbons (Fsp3) is 0.350. The van der Waals surface area contributed by atoms with Gasteiger partial charge in [-0.2, -0.15) is 0 Å². The Labute approximate surface area is 159 Å². The fourth-order valence-electron chi connectivity index (χ4n) is 2.21. The maximum atomic E-state index is 11.8. The molecule has 0 saturated carbocycles. The van der Waals surface area contributed by atoms with Gasteiger partial charge in [0, 0.05) is 11.4 Å². The van der Waals surface area contributed by atoms with E-state index in [9.17, 15) is 4.79 Å². The van der Waals surface area contributed by atoms with E-state index in [1.807, 2.05) is 43.3 Å². The normalized spacial score (nSPS) is 10.3. The molecule has 0 aliphatic heterocycles. The van der Waals surface area contributed by atoms with Gasteiger partial charge >= 0.3 is 0 Å². The number of carbonyl (C=O) groups is 1. The minimum Gasteiger partial charge on any atom is -0.497 e. The van der Waals surface area contributed by atoms with Crippen molar-refractivity contribution in [2.75, 3.05) is 26.9 Å². The first-order chi connectivity index (χ1) is 12.6. The highest BCUT2D eigenvalue weighted by Gasteiger charge is 2.03. The zero-order valence-corrected chi connectivity index (χ0v) is 15.8. The van der Waals surface area contributed by atoms with Gasteiger partial charge in [0.15, 0.2) is 0 Å². The number of carbonyl (C=O) groups excluding carboxylic acids is 1. The van der Waals surface area contributed by atoms with Gasteiger partial charge in [0.25, 0.3) is 0 Å². The SMILES string of the molecule is COc1ccc(OCCCC(=O)NCCOc2ccc(C)c(Cl)c2)cc1. The number of halogens is 1. The van der Waals surface area contributed by atoms with Crippen LogP contribution in [0, 0.1) is 6.92 Å². The zero-order valence-electron chi connectivity index (χ0n) is 15.1. The van der Waals surface area contributed by atoms with Gasteiger partial charge in [-0.15, -0.1) is 0 Å². The molecule has 1 amide bonds. The Morgan fingerprint density at radius 1 is 1.00 bits per heavy atom. The van der Waals surface area contributed by atoms with Crippen molar-refractivity contribution in [3.05, 3.63) is 53.1 Å². The Balaban J connectivity index is 1.55. The predicted molar refractivity (Wildman–Crippen MR) is 102 cm³/mol. The number of hydrogen-bond acceptors (Lipinski definition) is 4. The molecule has 0 bridgehead atoms. The summed E-state index contributed by atoms with van der Waals surface area (Å²) >= 11 is 6.04. The third-order valence-corrected chi connectivity index (χ3v) is 4.12. The van der Waals surface area contributed by atoms with Crippen molar-refractivity contribution in [2.24, 2.45) is 0 Å². The van der Waals surface area contributed by atoms with E-state index in [4.69, 9.17) is 25.8 Å². The van der Waals surface area contributed by atoms with Crippen molar-refractivity contribution in [1.82, 2.24) is 5.32 Å². The molecule has 1 N–H and O–H groups in total. The Hall–Kier alpha value is -2.40. The highest BCUT2D eigenvalue weighted by atomic mass is 35.5. The Bertz CT molecular complexity index is 703. The van der Waals surface area contributed by atoms with E-state index in [-0.39, 0.29) is 5.91 Å². The molecule has 5 nitrogen and oxygen atoms in total. The molecule has 0 heterocycles. The molecule has 0 spiro atoms. The Kier molecular flexibility index (Phi) is 8.09. The van der Waals surface area contributed by atoms with Crippen LogP contribution in [-0.2, 0) is 4.79 Å². The van der Waals surface area contributed by atoms with Crippen molar-refractivity contribution < 1.29 is 19.0 Å². The number of methoxy groups -OCH3 is 1. The summed E-state index contributed by atoms with van der Waals surface area (Å²) in [6, 6.07) is 12.9. The Morgan fingerprint density at radius 3 is 2.35 bits per heavy atom. The molecule has 0 radical (unpaired) electrons. The molecule has 2 rings (SSSR count). The second-order valence-corrected chi connectivity index (χ2v) is 6.14. The first-order valence-electron chi connectivity index (χ1n) is 8.51. The van der Waals surface area contributed by atoms with Crippen LogP contribution in [0.3, 0.4) is 0 Å². The number of rotatable bonds is 10. The highest BCUT2D eigenvalue weighted by Crippen LogP contribution is 2.21. The number of ether oxygens (including phenoxy) is 3. The molecule has 0 unspecified atom stereocenters. The van der Waals surface area contributed by atoms with Gasteiger partial charge < -0.3 is 19.5 Å². The van der Waals surface area contributed by atoms with E-state index in [2.05, 4.69) is 5.32 Å². The molecule has 0 fully saturated rings. The third kappa shape index (κ3) is 6.84. The second-order valence-electron chi connectivity index (χ2n) is 5.74. The van der Waals surface area contributed by atoms with Crippen LogP contribution in [0.5, 0.6) is 17.2 Å². The maximum absolute atomic E-state index is 11.8. The number of amides is 1. The first-order valence-corrected chi connectivity index (χ1v) is 8.89. The average Bonchev–Trinajstić information content (AvgIpc) is 2.65. The maximum Gasteiger partial charge on any atom is 0.220 e. The van der Waals surface area contributed by atoms with Crippen molar-refractivity contribution in [2.45, 2.75) is 19.8 Å². The smallest absolute Gasteiger partial charge is 0.220 e. The van der Waals surface area contributed by atoms with Crippen LogP contribution in [0.1, 0.15) is 18.4 Å². The van der Waals surface area contributed by atoms with E-state index < -0.39 is 0 Å². The summed E-state index contributed by atoms with van der Waals surface area (Å²) in [5.74, 6) is 2.22. The molecule has 26 heavy (non-hydrogen) atoms. The summed E-state index contributed by atoms with van der Waals surface area (Å²) in [5.41, 5.74) is 1.00. The summed E-state index contributed by atoms with van der Waals surface area (Å²) in [4.78, 5) is 11.8. The lowest BCUT2D eigenvalue weighted by molar-refractivity contribution is -0.121. The molecule has 0 aliphatic carbocycles. The van der Waals surface area contributed by atoms with Crippen LogP contribution in [0.4, 0.5) is 0 Å². The van der Waals surface area contributed by atoms with E-state index in [0.717, 1.165) is 17.1 Å². The molecular formula is C20H24ClNO4. The number of hydrogen-bond donors (Lipinski definition) is 1. The molecule has 0 atom stereocenters. The number of benzene rings is 2. The first kappa shape index (κ1) is 19.9. The zero-order chi connectivity index (χ0) is 18.8. The summed E-state index contributed by atoms with van der Waals surface area (Å²) in [5, 5.41) is 3.49. The summed E-state index contributed by atoms with van der Waals surface area (Å²) < 4.78 is 16.2. The molecule has 0 aromatic heterocycles. The second kappa shape index (κ2) is 10.6. The molecule has 0 saturated heterocycles. The lowest BCUT2D eigenvalue weighted by Crippen LogP contribution is -2.28. The van der Waals surface area contributed by atoms with E-state index >= 15 is 0 Å². The molecule has 2 aromatic carbocycles. The van der Waals surface area contributed by atoms with Crippen LogP contribution in [-0.4, -0.2) is 32.8 Å². The fourth-order valence-corrected chi connectivity index (χ4v) is 2.38. The minimum absolute atomic E-state index is 0.0196. The van der Waals surface area contributed by atoms with Gasteiger partial charge in [-0.05, 0) is 55.3 Å². The molecule has 2 aromatic rings. The van der Waals surface area contributed by atoms with Gasteiger partial charge in [0.2, 0.25) is 5.91 Å².